The molecule has 0 spiro atoms. The molecule has 0 saturated carbocycles. The van der Waals surface area contributed by atoms with Gasteiger partial charge in [-0.1, -0.05) is 13.0 Å². The van der Waals surface area contributed by atoms with Crippen molar-refractivity contribution in [2.45, 2.75) is 57.5 Å². The van der Waals surface area contributed by atoms with E-state index >= 15 is 0 Å². The summed E-state index contributed by atoms with van der Waals surface area (Å²) in [6.45, 7) is 5.06. The minimum Gasteiger partial charge on any atom is -0.508 e. The molecule has 1 saturated heterocycles. The van der Waals surface area contributed by atoms with Gasteiger partial charge in [0.2, 0.25) is 5.91 Å². The highest BCUT2D eigenvalue weighted by molar-refractivity contribution is 5.82. The molecule has 4 nitrogen and oxygen atoms in total. The van der Waals surface area contributed by atoms with Crippen LogP contribution in [0.15, 0.2) is 12.1 Å². The van der Waals surface area contributed by atoms with Crippen molar-refractivity contribution in [3.05, 3.63) is 28.8 Å². The molecule has 0 radical (unpaired) electrons. The second kappa shape index (κ2) is 5.68. The van der Waals surface area contributed by atoms with Crippen molar-refractivity contribution in [3.63, 3.8) is 0 Å². The second-order valence-corrected chi connectivity index (χ2v) is 6.42. The summed E-state index contributed by atoms with van der Waals surface area (Å²) in [5, 5.41) is 16.7. The summed E-state index contributed by atoms with van der Waals surface area (Å²) in [4.78, 5) is 12.1. The van der Waals surface area contributed by atoms with Crippen LogP contribution >= 0.6 is 0 Å². The summed E-state index contributed by atoms with van der Waals surface area (Å²) in [6.07, 6.45) is 3.92. The number of phenolic OH excluding ortho intramolecular Hbond substituents is 1. The van der Waals surface area contributed by atoms with Gasteiger partial charge in [0.1, 0.15) is 5.75 Å². The van der Waals surface area contributed by atoms with Crippen molar-refractivity contribution >= 4 is 5.91 Å². The Morgan fingerprint density at radius 2 is 2.05 bits per heavy atom. The van der Waals surface area contributed by atoms with Crippen molar-refractivity contribution in [3.8, 4) is 5.75 Å². The number of fused-ring (bicyclic) bond motifs is 1. The monoisotopic (exact) mass is 288 g/mol. The van der Waals surface area contributed by atoms with Crippen LogP contribution in [-0.4, -0.2) is 23.6 Å². The highest BCUT2D eigenvalue weighted by atomic mass is 16.3. The highest BCUT2D eigenvalue weighted by Gasteiger charge is 2.34. The van der Waals surface area contributed by atoms with Gasteiger partial charge in [-0.15, -0.1) is 0 Å². The SMILES string of the molecule is Cc1ccc(O)c2c1C(C)CC2NC1CCCCNC1=O. The standard InChI is InChI=1S/C17H24N2O2/c1-10-6-7-14(20)16-13(9-11(2)15(10)16)19-12-5-3-4-8-18-17(12)21/h6-7,11-13,19-20H,3-5,8-9H2,1-2H3,(H,18,21). The molecule has 1 aliphatic carbocycles. The number of carbonyl (C=O) groups is 1. The second-order valence-electron chi connectivity index (χ2n) is 6.42. The van der Waals surface area contributed by atoms with Crippen LogP contribution in [0, 0.1) is 6.92 Å². The number of aromatic hydroxyl groups is 1. The van der Waals surface area contributed by atoms with Crippen LogP contribution in [-0.2, 0) is 4.79 Å². The zero-order valence-corrected chi connectivity index (χ0v) is 12.8. The van der Waals surface area contributed by atoms with Crippen LogP contribution in [0.4, 0.5) is 0 Å². The number of nitrogens with one attached hydrogen (secondary N) is 2. The third kappa shape index (κ3) is 2.64. The molecule has 0 aromatic heterocycles. The van der Waals surface area contributed by atoms with Crippen LogP contribution < -0.4 is 10.6 Å². The topological polar surface area (TPSA) is 61.4 Å². The van der Waals surface area contributed by atoms with Crippen LogP contribution in [0.3, 0.4) is 0 Å². The molecule has 21 heavy (non-hydrogen) atoms. The van der Waals surface area contributed by atoms with Crippen molar-refractivity contribution < 1.29 is 9.90 Å². The zero-order chi connectivity index (χ0) is 15.0. The largest absolute Gasteiger partial charge is 0.508 e. The molecule has 1 heterocycles. The first-order valence-corrected chi connectivity index (χ1v) is 7.94. The van der Waals surface area contributed by atoms with Gasteiger partial charge in [0.25, 0.3) is 0 Å². The number of phenols is 1. The van der Waals surface area contributed by atoms with E-state index < -0.39 is 0 Å². The Balaban J connectivity index is 1.86. The minimum atomic E-state index is -0.143. The summed E-state index contributed by atoms with van der Waals surface area (Å²) in [6, 6.07) is 3.68. The molecule has 3 atom stereocenters. The third-order valence-electron chi connectivity index (χ3n) is 4.85. The Morgan fingerprint density at radius 1 is 1.24 bits per heavy atom. The van der Waals surface area contributed by atoms with E-state index in [1.165, 1.54) is 11.1 Å². The van der Waals surface area contributed by atoms with Crippen molar-refractivity contribution in [1.82, 2.24) is 10.6 Å². The average molecular weight is 288 g/mol. The first-order valence-electron chi connectivity index (χ1n) is 7.94. The maximum Gasteiger partial charge on any atom is 0.237 e. The first-order chi connectivity index (χ1) is 10.1. The van der Waals surface area contributed by atoms with E-state index in [4.69, 9.17) is 0 Å². The Kier molecular flexibility index (Phi) is 3.89. The third-order valence-corrected chi connectivity index (χ3v) is 4.85. The molecule has 1 amide bonds. The summed E-state index contributed by atoms with van der Waals surface area (Å²) in [5.41, 5.74) is 3.48. The molecule has 3 rings (SSSR count). The molecule has 1 aliphatic heterocycles. The smallest absolute Gasteiger partial charge is 0.237 e. The van der Waals surface area contributed by atoms with Crippen LogP contribution in [0.25, 0.3) is 0 Å². The lowest BCUT2D eigenvalue weighted by molar-refractivity contribution is -0.123. The van der Waals surface area contributed by atoms with E-state index in [2.05, 4.69) is 24.5 Å². The average Bonchev–Trinajstić information content (AvgIpc) is 2.65. The van der Waals surface area contributed by atoms with Gasteiger partial charge in [0.15, 0.2) is 0 Å². The van der Waals surface area contributed by atoms with E-state index in [0.717, 1.165) is 37.8 Å². The molecule has 114 valence electrons. The molecule has 3 N–H and O–H groups in total. The predicted molar refractivity (Wildman–Crippen MR) is 82.4 cm³/mol. The Bertz CT molecular complexity index is 556. The minimum absolute atomic E-state index is 0.0729. The maximum atomic E-state index is 12.1. The summed E-state index contributed by atoms with van der Waals surface area (Å²) < 4.78 is 0. The lowest BCUT2D eigenvalue weighted by atomic mass is 9.97. The Hall–Kier alpha value is -1.55. The van der Waals surface area contributed by atoms with Gasteiger partial charge in [0.05, 0.1) is 6.04 Å². The lowest BCUT2D eigenvalue weighted by Gasteiger charge is -2.22. The molecule has 1 fully saturated rings. The lowest BCUT2D eigenvalue weighted by Crippen LogP contribution is -2.43. The van der Waals surface area contributed by atoms with Crippen LogP contribution in [0.1, 0.15) is 61.3 Å². The molecule has 1 aromatic carbocycles. The predicted octanol–water partition coefficient (Wildman–Crippen LogP) is 2.51. The van der Waals surface area contributed by atoms with Gasteiger partial charge in [-0.3, -0.25) is 10.1 Å². The number of carbonyl (C=O) groups excluding carboxylic acids is 1. The molecule has 2 aliphatic rings. The van der Waals surface area contributed by atoms with E-state index in [0.29, 0.717) is 11.7 Å². The molecule has 1 aromatic rings. The van der Waals surface area contributed by atoms with E-state index in [1.54, 1.807) is 6.07 Å². The van der Waals surface area contributed by atoms with Gasteiger partial charge >= 0.3 is 0 Å². The van der Waals surface area contributed by atoms with Gasteiger partial charge in [-0.25, -0.2) is 0 Å². The first kappa shape index (κ1) is 14.4. The normalized spacial score (nSPS) is 28.9. The molecule has 4 heteroatoms. The summed E-state index contributed by atoms with van der Waals surface area (Å²) >= 11 is 0. The number of hydrogen-bond acceptors (Lipinski definition) is 3. The van der Waals surface area contributed by atoms with Gasteiger partial charge in [-0.05, 0) is 55.7 Å². The number of benzene rings is 1. The Morgan fingerprint density at radius 3 is 2.86 bits per heavy atom. The maximum absolute atomic E-state index is 12.1. The fourth-order valence-electron chi connectivity index (χ4n) is 3.84. The van der Waals surface area contributed by atoms with Crippen molar-refractivity contribution in [2.75, 3.05) is 6.54 Å². The van der Waals surface area contributed by atoms with Crippen molar-refractivity contribution in [1.29, 1.82) is 0 Å². The van der Waals surface area contributed by atoms with E-state index in [-0.39, 0.29) is 18.0 Å². The quantitative estimate of drug-likeness (QED) is 0.783. The number of aryl methyl sites for hydroxylation is 1. The number of rotatable bonds is 2. The molecule has 0 bridgehead atoms. The summed E-state index contributed by atoms with van der Waals surface area (Å²) in [5.74, 6) is 0.866. The van der Waals surface area contributed by atoms with Gasteiger partial charge in [0, 0.05) is 18.2 Å². The Labute approximate surface area is 125 Å². The molecular weight excluding hydrogens is 264 g/mol. The van der Waals surface area contributed by atoms with E-state index in [9.17, 15) is 9.90 Å². The van der Waals surface area contributed by atoms with Crippen LogP contribution in [0.5, 0.6) is 5.75 Å². The van der Waals surface area contributed by atoms with Crippen LogP contribution in [0.2, 0.25) is 0 Å². The fourth-order valence-corrected chi connectivity index (χ4v) is 3.84. The number of hydrogen-bond donors (Lipinski definition) is 3. The number of amides is 1. The molecular formula is C17H24N2O2. The summed E-state index contributed by atoms with van der Waals surface area (Å²) in [7, 11) is 0. The fraction of sp³-hybridized carbons (Fsp3) is 0.588. The van der Waals surface area contributed by atoms with Crippen molar-refractivity contribution in [2.24, 2.45) is 0 Å². The van der Waals surface area contributed by atoms with Gasteiger partial charge in [-0.2, -0.15) is 0 Å². The van der Waals surface area contributed by atoms with Gasteiger partial charge < -0.3 is 10.4 Å². The zero-order valence-electron chi connectivity index (χ0n) is 12.8. The van der Waals surface area contributed by atoms with E-state index in [1.807, 2.05) is 6.07 Å². The molecule has 3 unspecified atom stereocenters. The highest BCUT2D eigenvalue weighted by Crippen LogP contribution is 2.46.